The minimum absolute atomic E-state index is 0.0344. The van der Waals surface area contributed by atoms with Crippen LogP contribution in [0.25, 0.3) is 11.1 Å². The van der Waals surface area contributed by atoms with Crippen LogP contribution in [0.3, 0.4) is 0 Å². The maximum absolute atomic E-state index is 13.1. The molecular formula is C33H39N3O5. The fourth-order valence-corrected chi connectivity index (χ4v) is 5.40. The molecule has 8 heteroatoms. The standard InChI is InChI=1S/C33H39N3O5/c1-3-28(25-12-6-5-7-13-25)36(4-2)33(41)30(38)29(37)31(39)34-22-23-16-18-24(19-17-23)26-14-8-9-15-27(26)32(40)35-20-10-11-21-35/h5-9,12-19,28-30,37-38H,3-4,10-11,20-22H2,1-2H3,(H,34,39)/t28-,29-,30-/m1/s1. The van der Waals surface area contributed by atoms with E-state index in [4.69, 9.17) is 0 Å². The molecule has 0 saturated carbocycles. The normalized spacial score (nSPS) is 15.2. The number of hydrogen-bond donors (Lipinski definition) is 3. The highest BCUT2D eigenvalue weighted by atomic mass is 16.3. The Balaban J connectivity index is 1.37. The number of likely N-dealkylation sites (tertiary alicyclic amines) is 1. The molecule has 0 unspecified atom stereocenters. The van der Waals surface area contributed by atoms with Gasteiger partial charge in [0.2, 0.25) is 0 Å². The molecule has 0 spiro atoms. The fourth-order valence-electron chi connectivity index (χ4n) is 5.40. The van der Waals surface area contributed by atoms with E-state index in [-0.39, 0.29) is 18.5 Å². The number of aliphatic hydroxyl groups excluding tert-OH is 2. The van der Waals surface area contributed by atoms with E-state index in [1.165, 1.54) is 4.90 Å². The number of carbonyl (C=O) groups is 3. The first-order valence-electron chi connectivity index (χ1n) is 14.3. The van der Waals surface area contributed by atoms with Crippen molar-refractivity contribution in [2.45, 2.75) is 57.9 Å². The first kappa shape index (κ1) is 30.0. The first-order chi connectivity index (χ1) is 19.8. The Morgan fingerprint density at radius 1 is 0.854 bits per heavy atom. The Hall–Kier alpha value is -4.01. The molecule has 0 aromatic heterocycles. The highest BCUT2D eigenvalue weighted by Gasteiger charge is 2.35. The molecule has 3 atom stereocenters. The van der Waals surface area contributed by atoms with E-state index >= 15 is 0 Å². The van der Waals surface area contributed by atoms with Crippen molar-refractivity contribution in [3.63, 3.8) is 0 Å². The minimum atomic E-state index is -1.91. The van der Waals surface area contributed by atoms with Gasteiger partial charge in [0, 0.05) is 31.7 Å². The molecule has 3 amide bonds. The Morgan fingerprint density at radius 2 is 1.49 bits per heavy atom. The molecule has 1 saturated heterocycles. The summed E-state index contributed by atoms with van der Waals surface area (Å²) < 4.78 is 0. The molecule has 3 N–H and O–H groups in total. The Kier molecular flexibility index (Phi) is 10.3. The lowest BCUT2D eigenvalue weighted by molar-refractivity contribution is -0.155. The monoisotopic (exact) mass is 557 g/mol. The van der Waals surface area contributed by atoms with Gasteiger partial charge in [0.1, 0.15) is 0 Å². The fraction of sp³-hybridized carbons (Fsp3) is 0.364. The number of likely N-dealkylation sites (N-methyl/N-ethyl adjacent to an activating group) is 1. The summed E-state index contributed by atoms with van der Waals surface area (Å²) in [5.74, 6) is -1.50. The summed E-state index contributed by atoms with van der Waals surface area (Å²) in [5, 5.41) is 23.8. The molecule has 1 heterocycles. The summed E-state index contributed by atoms with van der Waals surface area (Å²) in [6.07, 6.45) is -1.13. The van der Waals surface area contributed by atoms with Crippen LogP contribution < -0.4 is 5.32 Å². The van der Waals surface area contributed by atoms with Gasteiger partial charge in [0.05, 0.1) is 6.04 Å². The van der Waals surface area contributed by atoms with Crippen molar-refractivity contribution < 1.29 is 24.6 Å². The molecule has 216 valence electrons. The van der Waals surface area contributed by atoms with Crippen molar-refractivity contribution in [3.8, 4) is 11.1 Å². The van der Waals surface area contributed by atoms with Crippen molar-refractivity contribution in [1.29, 1.82) is 0 Å². The van der Waals surface area contributed by atoms with E-state index in [9.17, 15) is 24.6 Å². The quantitative estimate of drug-likeness (QED) is 0.331. The predicted octanol–water partition coefficient (Wildman–Crippen LogP) is 3.93. The average Bonchev–Trinajstić information content (AvgIpc) is 3.57. The van der Waals surface area contributed by atoms with Crippen molar-refractivity contribution in [2.75, 3.05) is 19.6 Å². The van der Waals surface area contributed by atoms with Crippen molar-refractivity contribution in [1.82, 2.24) is 15.1 Å². The zero-order valence-electron chi connectivity index (χ0n) is 23.7. The van der Waals surface area contributed by atoms with E-state index in [2.05, 4.69) is 5.32 Å². The van der Waals surface area contributed by atoms with Gasteiger partial charge in [-0.2, -0.15) is 0 Å². The zero-order valence-corrected chi connectivity index (χ0v) is 23.7. The second kappa shape index (κ2) is 14.1. The van der Waals surface area contributed by atoms with Crippen molar-refractivity contribution in [3.05, 3.63) is 95.6 Å². The summed E-state index contributed by atoms with van der Waals surface area (Å²) in [5.41, 5.74) is 4.08. The molecule has 0 bridgehead atoms. The Bertz CT molecular complexity index is 1320. The Morgan fingerprint density at radius 3 is 2.12 bits per heavy atom. The molecule has 3 aromatic carbocycles. The maximum Gasteiger partial charge on any atom is 0.255 e. The van der Waals surface area contributed by atoms with Gasteiger partial charge in [-0.25, -0.2) is 0 Å². The molecule has 1 aliphatic heterocycles. The second-order valence-corrected chi connectivity index (χ2v) is 10.3. The topological polar surface area (TPSA) is 110 Å². The number of nitrogens with one attached hydrogen (secondary N) is 1. The largest absolute Gasteiger partial charge is 0.380 e. The van der Waals surface area contributed by atoms with Crippen molar-refractivity contribution >= 4 is 17.7 Å². The van der Waals surface area contributed by atoms with E-state index < -0.39 is 24.0 Å². The van der Waals surface area contributed by atoms with Crippen LogP contribution in [0, 0.1) is 0 Å². The van der Waals surface area contributed by atoms with Gasteiger partial charge in [0.15, 0.2) is 12.2 Å². The maximum atomic E-state index is 13.1. The molecule has 4 rings (SSSR count). The van der Waals surface area contributed by atoms with E-state index in [1.807, 2.05) is 90.7 Å². The van der Waals surface area contributed by atoms with E-state index in [0.29, 0.717) is 18.5 Å². The number of nitrogens with zero attached hydrogens (tertiary/aromatic N) is 2. The lowest BCUT2D eigenvalue weighted by Gasteiger charge is -2.33. The number of amides is 3. The van der Waals surface area contributed by atoms with Crippen LogP contribution in [0.15, 0.2) is 78.9 Å². The van der Waals surface area contributed by atoms with Crippen LogP contribution in [0.2, 0.25) is 0 Å². The van der Waals surface area contributed by atoms with Crippen LogP contribution in [0.4, 0.5) is 0 Å². The van der Waals surface area contributed by atoms with Gasteiger partial charge < -0.3 is 25.3 Å². The van der Waals surface area contributed by atoms with Gasteiger partial charge in [-0.15, -0.1) is 0 Å². The average molecular weight is 558 g/mol. The number of rotatable bonds is 11. The SMILES string of the molecule is CC[C@H](c1ccccc1)N(CC)C(=O)[C@H](O)[C@@H](O)C(=O)NCc1ccc(-c2ccccc2C(=O)N2CCCC2)cc1. The van der Waals surface area contributed by atoms with Crippen LogP contribution in [-0.2, 0) is 16.1 Å². The van der Waals surface area contributed by atoms with Crippen LogP contribution in [-0.4, -0.2) is 69.6 Å². The van der Waals surface area contributed by atoms with Crippen LogP contribution >= 0.6 is 0 Å². The first-order valence-corrected chi connectivity index (χ1v) is 14.3. The molecule has 3 aromatic rings. The number of carbonyl (C=O) groups excluding carboxylic acids is 3. The third kappa shape index (κ3) is 7.01. The lowest BCUT2D eigenvalue weighted by atomic mass is 9.98. The van der Waals surface area contributed by atoms with Crippen molar-refractivity contribution in [2.24, 2.45) is 0 Å². The zero-order chi connectivity index (χ0) is 29.4. The highest BCUT2D eigenvalue weighted by Crippen LogP contribution is 2.27. The smallest absolute Gasteiger partial charge is 0.255 e. The number of hydrogen-bond acceptors (Lipinski definition) is 5. The summed E-state index contributed by atoms with van der Waals surface area (Å²) >= 11 is 0. The molecule has 1 aliphatic rings. The molecule has 0 radical (unpaired) electrons. The minimum Gasteiger partial charge on any atom is -0.380 e. The third-order valence-electron chi connectivity index (χ3n) is 7.67. The Labute approximate surface area is 241 Å². The second-order valence-electron chi connectivity index (χ2n) is 10.3. The summed E-state index contributed by atoms with van der Waals surface area (Å²) in [4.78, 5) is 42.2. The van der Waals surface area contributed by atoms with E-state index in [1.54, 1.807) is 6.92 Å². The summed E-state index contributed by atoms with van der Waals surface area (Å²) in [7, 11) is 0. The molecular weight excluding hydrogens is 518 g/mol. The lowest BCUT2D eigenvalue weighted by Crippen LogP contribution is -2.51. The third-order valence-corrected chi connectivity index (χ3v) is 7.67. The summed E-state index contributed by atoms with van der Waals surface area (Å²) in [6.45, 7) is 5.72. The summed E-state index contributed by atoms with van der Waals surface area (Å²) in [6, 6.07) is 24.2. The molecule has 1 fully saturated rings. The van der Waals surface area contributed by atoms with Crippen LogP contribution in [0.1, 0.15) is 60.6 Å². The number of aliphatic hydroxyl groups is 2. The predicted molar refractivity (Wildman–Crippen MR) is 158 cm³/mol. The molecule has 41 heavy (non-hydrogen) atoms. The van der Waals surface area contributed by atoms with Crippen LogP contribution in [0.5, 0.6) is 0 Å². The van der Waals surface area contributed by atoms with Gasteiger partial charge in [-0.05, 0) is 54.5 Å². The van der Waals surface area contributed by atoms with E-state index in [0.717, 1.165) is 48.2 Å². The van der Waals surface area contributed by atoms with Gasteiger partial charge in [-0.1, -0.05) is 79.7 Å². The van der Waals surface area contributed by atoms with Gasteiger partial charge >= 0.3 is 0 Å². The molecule has 8 nitrogen and oxygen atoms in total. The van der Waals surface area contributed by atoms with Gasteiger partial charge in [-0.3, -0.25) is 14.4 Å². The number of benzene rings is 3. The molecule has 0 aliphatic carbocycles. The highest BCUT2D eigenvalue weighted by molar-refractivity contribution is 6.01. The van der Waals surface area contributed by atoms with Gasteiger partial charge in [0.25, 0.3) is 17.7 Å².